The summed E-state index contributed by atoms with van der Waals surface area (Å²) in [7, 11) is 0. The maximum Gasteiger partial charge on any atom is 0.323 e. The number of carbonyl (C=O) groups is 4. The highest BCUT2D eigenvalue weighted by atomic mass is 16.6. The monoisotopic (exact) mass is 493 g/mol. The minimum absolute atomic E-state index is 0.0645. The summed E-state index contributed by atoms with van der Waals surface area (Å²) in [5.41, 5.74) is 6.63. The molecule has 35 heavy (non-hydrogen) atoms. The van der Waals surface area contributed by atoms with Gasteiger partial charge in [-0.2, -0.15) is 0 Å². The van der Waals surface area contributed by atoms with Crippen LogP contribution in [0.2, 0.25) is 0 Å². The van der Waals surface area contributed by atoms with Crippen molar-refractivity contribution in [3.8, 4) is 11.5 Å². The number of hydrogen-bond acceptors (Lipinski definition) is 9. The van der Waals surface area contributed by atoms with Crippen molar-refractivity contribution < 1.29 is 38.1 Å². The summed E-state index contributed by atoms with van der Waals surface area (Å²) in [5.74, 6) is -2.85. The number of rotatable bonds is 12. The molecule has 196 valence electrons. The standard InChI is InChI=1S/C26H39NO8/c1-9-16(6)25(30)32-17(7)18(8)33-26(31)20(27)12-19-10-11-21(34-23(28)14(2)3)22(13-19)35-24(29)15(4)5/h10-11,13-18,20H,9,12,27H2,1-8H3/t16?,17?,18-,20-/m0/s1. The van der Waals surface area contributed by atoms with Gasteiger partial charge in [-0.15, -0.1) is 0 Å². The second-order valence-electron chi connectivity index (χ2n) is 9.34. The third-order valence-electron chi connectivity index (χ3n) is 5.41. The molecule has 1 aromatic carbocycles. The van der Waals surface area contributed by atoms with E-state index in [2.05, 4.69) is 0 Å². The molecule has 0 radical (unpaired) electrons. The van der Waals surface area contributed by atoms with Gasteiger partial charge in [0.1, 0.15) is 18.2 Å². The van der Waals surface area contributed by atoms with E-state index in [4.69, 9.17) is 24.7 Å². The number of hydrogen-bond donors (Lipinski definition) is 1. The van der Waals surface area contributed by atoms with Gasteiger partial charge in [0.2, 0.25) is 0 Å². The van der Waals surface area contributed by atoms with Gasteiger partial charge in [-0.25, -0.2) is 0 Å². The Morgan fingerprint density at radius 3 is 1.71 bits per heavy atom. The third kappa shape index (κ3) is 9.68. The van der Waals surface area contributed by atoms with Crippen molar-refractivity contribution in [2.24, 2.45) is 23.5 Å². The molecular formula is C26H39NO8. The SMILES string of the molecule is CCC(C)C(=O)OC(C)[C@H](C)OC(=O)[C@@H](N)Cc1ccc(OC(=O)C(C)C)c(OC(=O)C(C)C)c1. The lowest BCUT2D eigenvalue weighted by atomic mass is 10.1. The molecule has 2 N–H and O–H groups in total. The van der Waals surface area contributed by atoms with Crippen LogP contribution in [0.15, 0.2) is 18.2 Å². The van der Waals surface area contributed by atoms with Crippen LogP contribution in [0.25, 0.3) is 0 Å². The lowest BCUT2D eigenvalue weighted by Gasteiger charge is -2.23. The van der Waals surface area contributed by atoms with E-state index in [9.17, 15) is 19.2 Å². The van der Waals surface area contributed by atoms with Crippen LogP contribution in [0, 0.1) is 17.8 Å². The van der Waals surface area contributed by atoms with Gasteiger partial charge in [0.15, 0.2) is 11.5 Å². The van der Waals surface area contributed by atoms with E-state index in [0.29, 0.717) is 12.0 Å². The van der Waals surface area contributed by atoms with Crippen LogP contribution in [0.1, 0.15) is 67.4 Å². The highest BCUT2D eigenvalue weighted by molar-refractivity contribution is 5.78. The molecule has 0 aliphatic carbocycles. The fourth-order valence-electron chi connectivity index (χ4n) is 2.56. The highest BCUT2D eigenvalue weighted by Gasteiger charge is 2.26. The summed E-state index contributed by atoms with van der Waals surface area (Å²) in [6, 6.07) is 3.61. The summed E-state index contributed by atoms with van der Waals surface area (Å²) in [6.45, 7) is 13.7. The van der Waals surface area contributed by atoms with Crippen molar-refractivity contribution in [3.05, 3.63) is 23.8 Å². The molecular weight excluding hydrogens is 454 g/mol. The Kier molecular flexibility index (Phi) is 11.9. The molecule has 0 saturated carbocycles. The topological polar surface area (TPSA) is 131 Å². The Morgan fingerprint density at radius 2 is 1.23 bits per heavy atom. The van der Waals surface area contributed by atoms with Crippen LogP contribution >= 0.6 is 0 Å². The van der Waals surface area contributed by atoms with Gasteiger partial charge < -0.3 is 24.7 Å². The summed E-state index contributed by atoms with van der Waals surface area (Å²) in [5, 5.41) is 0. The second-order valence-corrected chi connectivity index (χ2v) is 9.34. The minimum Gasteiger partial charge on any atom is -0.459 e. The molecule has 0 saturated heterocycles. The zero-order valence-electron chi connectivity index (χ0n) is 22.0. The first-order chi connectivity index (χ1) is 16.3. The van der Waals surface area contributed by atoms with Crippen LogP contribution in [0.4, 0.5) is 0 Å². The predicted octanol–water partition coefficient (Wildman–Crippen LogP) is 3.59. The van der Waals surface area contributed by atoms with Crippen LogP contribution in [0.3, 0.4) is 0 Å². The maximum absolute atomic E-state index is 12.5. The van der Waals surface area contributed by atoms with Crippen molar-refractivity contribution in [1.29, 1.82) is 0 Å². The van der Waals surface area contributed by atoms with Crippen LogP contribution in [-0.4, -0.2) is 42.1 Å². The molecule has 0 heterocycles. The molecule has 9 nitrogen and oxygen atoms in total. The summed E-state index contributed by atoms with van der Waals surface area (Å²) in [6.07, 6.45) is -0.599. The predicted molar refractivity (Wildman–Crippen MR) is 130 cm³/mol. The van der Waals surface area contributed by atoms with Gasteiger partial charge in [0.25, 0.3) is 0 Å². The largest absolute Gasteiger partial charge is 0.459 e. The summed E-state index contributed by atoms with van der Waals surface area (Å²) >= 11 is 0. The molecule has 9 heteroatoms. The lowest BCUT2D eigenvalue weighted by molar-refractivity contribution is -0.168. The number of esters is 4. The van der Waals surface area contributed by atoms with Gasteiger partial charge in [-0.05, 0) is 44.4 Å². The second kappa shape index (κ2) is 13.8. The molecule has 1 rings (SSSR count). The van der Waals surface area contributed by atoms with Crippen molar-refractivity contribution in [1.82, 2.24) is 0 Å². The number of ether oxygens (including phenoxy) is 4. The van der Waals surface area contributed by atoms with Gasteiger partial charge in [0, 0.05) is 0 Å². The Balaban J connectivity index is 2.91. The van der Waals surface area contributed by atoms with Crippen molar-refractivity contribution in [2.45, 2.75) is 86.5 Å². The highest BCUT2D eigenvalue weighted by Crippen LogP contribution is 2.30. The normalized spacial score (nSPS) is 14.6. The first-order valence-electron chi connectivity index (χ1n) is 12.0. The van der Waals surface area contributed by atoms with E-state index in [1.807, 2.05) is 6.92 Å². The van der Waals surface area contributed by atoms with Crippen molar-refractivity contribution >= 4 is 23.9 Å². The van der Waals surface area contributed by atoms with Crippen molar-refractivity contribution in [3.63, 3.8) is 0 Å². The van der Waals surface area contributed by atoms with E-state index in [0.717, 1.165) is 0 Å². The molecule has 2 unspecified atom stereocenters. The zero-order chi connectivity index (χ0) is 26.9. The Morgan fingerprint density at radius 1 is 0.743 bits per heavy atom. The first kappa shape index (κ1) is 30.1. The molecule has 0 aliphatic rings. The minimum atomic E-state index is -1.02. The van der Waals surface area contributed by atoms with E-state index >= 15 is 0 Å². The maximum atomic E-state index is 12.5. The quantitative estimate of drug-likeness (QED) is 0.343. The first-order valence-corrected chi connectivity index (χ1v) is 12.0. The molecule has 0 fully saturated rings. The Bertz CT molecular complexity index is 895. The summed E-state index contributed by atoms with van der Waals surface area (Å²) in [4.78, 5) is 48.7. The summed E-state index contributed by atoms with van der Waals surface area (Å²) < 4.78 is 21.5. The van der Waals surface area contributed by atoms with E-state index in [1.165, 1.54) is 12.1 Å². The smallest absolute Gasteiger partial charge is 0.323 e. The fraction of sp³-hybridized carbons (Fsp3) is 0.615. The zero-order valence-corrected chi connectivity index (χ0v) is 22.0. The number of carbonyl (C=O) groups excluding carboxylic acids is 4. The molecule has 0 aliphatic heterocycles. The average molecular weight is 494 g/mol. The van der Waals surface area contributed by atoms with Gasteiger partial charge in [0.05, 0.1) is 17.8 Å². The molecule has 0 aromatic heterocycles. The third-order valence-corrected chi connectivity index (χ3v) is 5.41. The average Bonchev–Trinajstić information content (AvgIpc) is 2.79. The van der Waals surface area contributed by atoms with Crippen LogP contribution in [0.5, 0.6) is 11.5 Å². The number of nitrogens with two attached hydrogens (primary N) is 1. The molecule has 0 spiro atoms. The molecule has 4 atom stereocenters. The van der Waals surface area contributed by atoms with E-state index in [-0.39, 0.29) is 35.7 Å². The van der Waals surface area contributed by atoms with E-state index in [1.54, 1.807) is 54.5 Å². The van der Waals surface area contributed by atoms with Crippen LogP contribution in [-0.2, 0) is 35.1 Å². The van der Waals surface area contributed by atoms with Crippen LogP contribution < -0.4 is 15.2 Å². The Hall–Kier alpha value is -2.94. The van der Waals surface area contributed by atoms with Gasteiger partial charge >= 0.3 is 23.9 Å². The lowest BCUT2D eigenvalue weighted by Crippen LogP contribution is -2.40. The molecule has 1 aromatic rings. The fourth-order valence-corrected chi connectivity index (χ4v) is 2.56. The van der Waals surface area contributed by atoms with Gasteiger partial charge in [-0.3, -0.25) is 19.2 Å². The van der Waals surface area contributed by atoms with Gasteiger partial charge in [-0.1, -0.05) is 47.6 Å². The Labute approximate surface area is 207 Å². The molecule has 0 bridgehead atoms. The van der Waals surface area contributed by atoms with Crippen molar-refractivity contribution in [2.75, 3.05) is 0 Å². The van der Waals surface area contributed by atoms with E-state index < -0.39 is 42.1 Å². The number of benzene rings is 1. The molecule has 0 amide bonds.